The van der Waals surface area contributed by atoms with Gasteiger partial charge in [0.1, 0.15) is 17.6 Å². The van der Waals surface area contributed by atoms with Crippen LogP contribution in [-0.4, -0.2) is 81.2 Å². The normalized spacial score (nSPS) is 26.0. The molecule has 5 heterocycles. The number of hydrogen-bond donors (Lipinski definition) is 4. The van der Waals surface area contributed by atoms with Crippen LogP contribution in [0.25, 0.3) is 11.3 Å². The van der Waals surface area contributed by atoms with Crippen LogP contribution in [0.4, 0.5) is 21.0 Å². The van der Waals surface area contributed by atoms with Gasteiger partial charge in [-0.25, -0.2) is 19.3 Å². The Balaban J connectivity index is 1.17. The molecule has 3 aliphatic rings. The highest BCUT2D eigenvalue weighted by molar-refractivity contribution is 7.14. The standard InChI is InChI=1S/C24H29FN8O3S/c1-12(33-11-27-20-19(33)22(35)31(3)24(36)30(20)2)21(34)29-23-28-17(10-37-23)13-4-5-18(16(25)6-13)32-9-14-7-15(32)8-26-14/h4-6,10-12,14-15,22,24,26,35-36H,7-9H2,1-3H3,(H,28,29,34)/t12-,14-,15-,22-,24-/m0/s1. The van der Waals surface area contributed by atoms with E-state index in [4.69, 9.17) is 0 Å². The molecule has 13 heteroatoms. The zero-order valence-corrected chi connectivity index (χ0v) is 21.5. The predicted molar refractivity (Wildman–Crippen MR) is 138 cm³/mol. The SMILES string of the molecule is C[C@@H](C(=O)Nc1nc(-c2ccc(N3C[C@@H]4C[C@H]3CN4)c(F)c2)cs1)n1cnc2c1[C@H](O)N(C)[C@@H](O)N2C. The number of fused-ring (bicyclic) bond motifs is 3. The van der Waals surface area contributed by atoms with Crippen molar-refractivity contribution >= 4 is 33.9 Å². The lowest BCUT2D eigenvalue weighted by Gasteiger charge is -2.40. The predicted octanol–water partition coefficient (Wildman–Crippen LogP) is 1.54. The van der Waals surface area contributed by atoms with E-state index in [-0.39, 0.29) is 11.7 Å². The Bertz CT molecular complexity index is 1350. The van der Waals surface area contributed by atoms with Gasteiger partial charge in [0.2, 0.25) is 5.91 Å². The highest BCUT2D eigenvalue weighted by Crippen LogP contribution is 2.36. The molecule has 0 unspecified atom stereocenters. The summed E-state index contributed by atoms with van der Waals surface area (Å²) in [4.78, 5) is 26.9. The minimum atomic E-state index is -1.13. The Kier molecular flexibility index (Phi) is 5.92. The third-order valence-electron chi connectivity index (χ3n) is 7.63. The van der Waals surface area contributed by atoms with Gasteiger partial charge in [0.05, 0.1) is 17.7 Å². The van der Waals surface area contributed by atoms with Gasteiger partial charge >= 0.3 is 0 Å². The number of aliphatic hydroxyl groups is 2. The van der Waals surface area contributed by atoms with Crippen molar-refractivity contribution < 1.29 is 19.4 Å². The summed E-state index contributed by atoms with van der Waals surface area (Å²) in [7, 11) is 3.24. The fourth-order valence-electron chi connectivity index (χ4n) is 5.45. The van der Waals surface area contributed by atoms with E-state index in [1.807, 2.05) is 12.1 Å². The van der Waals surface area contributed by atoms with Crippen LogP contribution < -0.4 is 20.4 Å². The molecule has 0 aliphatic carbocycles. The quantitative estimate of drug-likeness (QED) is 0.391. The maximum atomic E-state index is 15.0. The molecular weight excluding hydrogens is 499 g/mol. The molecular formula is C24H29FN8O3S. The molecule has 2 aromatic heterocycles. The van der Waals surface area contributed by atoms with Gasteiger partial charge < -0.3 is 35.2 Å². The molecule has 6 rings (SSSR count). The van der Waals surface area contributed by atoms with E-state index in [9.17, 15) is 15.0 Å². The van der Waals surface area contributed by atoms with Gasteiger partial charge in [-0.05, 0) is 32.5 Å². The van der Waals surface area contributed by atoms with Crippen LogP contribution in [0.1, 0.15) is 31.3 Å². The van der Waals surface area contributed by atoms with E-state index in [1.54, 1.807) is 31.0 Å². The van der Waals surface area contributed by atoms with Gasteiger partial charge in [-0.15, -0.1) is 11.3 Å². The van der Waals surface area contributed by atoms with Crippen LogP contribution >= 0.6 is 11.3 Å². The number of imidazole rings is 1. The number of halogens is 1. The van der Waals surface area contributed by atoms with E-state index in [2.05, 4.69) is 25.5 Å². The van der Waals surface area contributed by atoms with Crippen molar-refractivity contribution in [1.29, 1.82) is 0 Å². The molecule has 0 saturated carbocycles. The third kappa shape index (κ3) is 3.97. The van der Waals surface area contributed by atoms with Crippen LogP contribution in [0.3, 0.4) is 0 Å². The minimum absolute atomic E-state index is 0.277. The van der Waals surface area contributed by atoms with Crippen molar-refractivity contribution in [1.82, 2.24) is 24.8 Å². The average Bonchev–Trinajstić information content (AvgIpc) is 3.69. The minimum Gasteiger partial charge on any atom is -0.372 e. The number of hydrogen-bond acceptors (Lipinski definition) is 10. The van der Waals surface area contributed by atoms with E-state index in [0.717, 1.165) is 19.5 Å². The lowest BCUT2D eigenvalue weighted by atomic mass is 10.1. The molecule has 2 bridgehead atoms. The molecule has 11 nitrogen and oxygen atoms in total. The van der Waals surface area contributed by atoms with E-state index in [1.165, 1.54) is 33.5 Å². The number of benzene rings is 1. The largest absolute Gasteiger partial charge is 0.372 e. The van der Waals surface area contributed by atoms with Crippen molar-refractivity contribution in [3.05, 3.63) is 41.4 Å². The van der Waals surface area contributed by atoms with Crippen LogP contribution in [0.2, 0.25) is 0 Å². The molecule has 0 spiro atoms. The summed E-state index contributed by atoms with van der Waals surface area (Å²) < 4.78 is 16.6. The summed E-state index contributed by atoms with van der Waals surface area (Å²) in [6.45, 7) is 3.39. The highest BCUT2D eigenvalue weighted by atomic mass is 32.1. The summed E-state index contributed by atoms with van der Waals surface area (Å²) in [5.74, 6) is -0.220. The average molecular weight is 529 g/mol. The highest BCUT2D eigenvalue weighted by Gasteiger charge is 2.39. The van der Waals surface area contributed by atoms with Crippen molar-refractivity contribution in [2.75, 3.05) is 42.3 Å². The molecule has 2 saturated heterocycles. The van der Waals surface area contributed by atoms with Crippen molar-refractivity contribution in [3.63, 3.8) is 0 Å². The van der Waals surface area contributed by atoms with Crippen molar-refractivity contribution in [3.8, 4) is 11.3 Å². The Morgan fingerprint density at radius 3 is 2.84 bits per heavy atom. The Labute approximate surface area is 217 Å². The van der Waals surface area contributed by atoms with E-state index in [0.29, 0.717) is 45.7 Å². The number of carbonyl (C=O) groups excluding carboxylic acids is 1. The molecule has 1 amide bonds. The first-order chi connectivity index (χ1) is 17.7. The zero-order chi connectivity index (χ0) is 26.0. The summed E-state index contributed by atoms with van der Waals surface area (Å²) in [5, 5.41) is 29.3. The molecule has 3 aliphatic heterocycles. The van der Waals surface area contributed by atoms with Crippen LogP contribution in [0.15, 0.2) is 29.9 Å². The maximum Gasteiger partial charge on any atom is 0.248 e. The van der Waals surface area contributed by atoms with E-state index < -0.39 is 18.6 Å². The van der Waals surface area contributed by atoms with Gasteiger partial charge in [-0.1, -0.05) is 6.07 Å². The smallest absolute Gasteiger partial charge is 0.248 e. The number of aliphatic hydroxyl groups excluding tert-OH is 2. The van der Waals surface area contributed by atoms with E-state index >= 15 is 4.39 Å². The number of carbonyl (C=O) groups is 1. The van der Waals surface area contributed by atoms with Crippen LogP contribution in [0, 0.1) is 5.82 Å². The zero-order valence-electron chi connectivity index (χ0n) is 20.7. The molecule has 0 radical (unpaired) electrons. The van der Waals surface area contributed by atoms with Gasteiger partial charge in [0.15, 0.2) is 23.5 Å². The Hall–Kier alpha value is -3.10. The number of amides is 1. The van der Waals surface area contributed by atoms with Crippen molar-refractivity contribution in [2.45, 2.75) is 44.0 Å². The topological polar surface area (TPSA) is 122 Å². The second kappa shape index (κ2) is 9.03. The summed E-state index contributed by atoms with van der Waals surface area (Å²) >= 11 is 1.25. The van der Waals surface area contributed by atoms with Gasteiger partial charge in [-0.2, -0.15) is 0 Å². The van der Waals surface area contributed by atoms with Gasteiger partial charge in [-0.3, -0.25) is 4.79 Å². The van der Waals surface area contributed by atoms with Crippen LogP contribution in [0.5, 0.6) is 0 Å². The molecule has 4 N–H and O–H groups in total. The maximum absolute atomic E-state index is 15.0. The number of thiazole rings is 1. The second-order valence-corrected chi connectivity index (χ2v) is 10.7. The first-order valence-corrected chi connectivity index (χ1v) is 13.0. The summed E-state index contributed by atoms with van der Waals surface area (Å²) in [5.41, 5.74) is 2.25. The fourth-order valence-corrected chi connectivity index (χ4v) is 6.17. The first-order valence-electron chi connectivity index (χ1n) is 12.2. The molecule has 2 fully saturated rings. The summed E-state index contributed by atoms with van der Waals surface area (Å²) in [6, 6.07) is 5.23. The second-order valence-electron chi connectivity index (χ2n) is 9.87. The number of anilines is 3. The number of aromatic nitrogens is 3. The van der Waals surface area contributed by atoms with Crippen LogP contribution in [-0.2, 0) is 4.79 Å². The Morgan fingerprint density at radius 2 is 2.14 bits per heavy atom. The number of rotatable bonds is 5. The number of nitrogens with one attached hydrogen (secondary N) is 2. The van der Waals surface area contributed by atoms with Gasteiger partial charge in [0.25, 0.3) is 0 Å². The molecule has 5 atom stereocenters. The monoisotopic (exact) mass is 528 g/mol. The lowest BCUT2D eigenvalue weighted by molar-refractivity contribution is -0.119. The first kappa shape index (κ1) is 24.2. The third-order valence-corrected chi connectivity index (χ3v) is 8.39. The molecule has 3 aromatic rings. The Morgan fingerprint density at radius 1 is 1.32 bits per heavy atom. The number of nitrogens with zero attached hydrogens (tertiary/aromatic N) is 6. The number of piperazine rings is 1. The van der Waals surface area contributed by atoms with Gasteiger partial charge in [0, 0.05) is 43.2 Å². The molecule has 1 aromatic carbocycles. The molecule has 196 valence electrons. The lowest BCUT2D eigenvalue weighted by Crippen LogP contribution is -2.51. The fraction of sp³-hybridized carbons (Fsp3) is 0.458. The van der Waals surface area contributed by atoms with Crippen molar-refractivity contribution in [2.24, 2.45) is 0 Å². The summed E-state index contributed by atoms with van der Waals surface area (Å²) in [6.07, 6.45) is 0.353. The molecule has 37 heavy (non-hydrogen) atoms.